The van der Waals surface area contributed by atoms with Crippen LogP contribution in [0.15, 0.2) is 30.5 Å². The quantitative estimate of drug-likeness (QED) is 0.781. The van der Waals surface area contributed by atoms with E-state index in [1.54, 1.807) is 18.0 Å². The number of aromatic nitrogens is 2. The zero-order chi connectivity index (χ0) is 10.8. The van der Waals surface area contributed by atoms with E-state index in [9.17, 15) is 0 Å². The number of hydrogen-bond donors (Lipinski definition) is 0. The molecule has 0 saturated heterocycles. The summed E-state index contributed by atoms with van der Waals surface area (Å²) in [5.74, 6) is 0.825. The molecule has 0 spiro atoms. The highest BCUT2D eigenvalue weighted by molar-refractivity contribution is 6.32. The number of nitrogens with zero attached hydrogens (tertiary/aromatic N) is 2. The fourth-order valence-electron chi connectivity index (χ4n) is 1.40. The lowest BCUT2D eigenvalue weighted by atomic mass is 10.1. The molecular weight excluding hydrogens is 212 g/mol. The minimum atomic E-state index is 0.655. The fraction of sp³-hybridized carbons (Fsp3) is 0.182. The first-order valence-electron chi connectivity index (χ1n) is 4.54. The first-order chi connectivity index (χ1) is 7.20. The highest BCUT2D eigenvalue weighted by Gasteiger charge is 2.07. The van der Waals surface area contributed by atoms with Gasteiger partial charge in [-0.05, 0) is 24.3 Å². The average Bonchev–Trinajstić information content (AvgIpc) is 2.58. The Balaban J connectivity index is 2.41. The highest BCUT2D eigenvalue weighted by Crippen LogP contribution is 2.27. The van der Waals surface area contributed by atoms with Crippen molar-refractivity contribution in [3.63, 3.8) is 0 Å². The Morgan fingerprint density at radius 3 is 2.40 bits per heavy atom. The molecule has 0 amide bonds. The number of ether oxygens (including phenoxy) is 1. The lowest BCUT2D eigenvalue weighted by Crippen LogP contribution is -1.88. The first kappa shape index (κ1) is 10.1. The largest absolute Gasteiger partial charge is 0.497 e. The number of benzene rings is 1. The maximum Gasteiger partial charge on any atom is 0.118 e. The zero-order valence-electron chi connectivity index (χ0n) is 8.57. The molecule has 0 saturated carbocycles. The van der Waals surface area contributed by atoms with Crippen LogP contribution >= 0.6 is 11.6 Å². The number of methoxy groups -OCH3 is 1. The van der Waals surface area contributed by atoms with Gasteiger partial charge in [-0.15, -0.1) is 0 Å². The van der Waals surface area contributed by atoms with Gasteiger partial charge in [-0.1, -0.05) is 11.6 Å². The monoisotopic (exact) mass is 222 g/mol. The summed E-state index contributed by atoms with van der Waals surface area (Å²) in [7, 11) is 3.49. The molecule has 3 nitrogen and oxygen atoms in total. The summed E-state index contributed by atoms with van der Waals surface area (Å²) in [6, 6.07) is 7.65. The molecule has 2 rings (SSSR count). The molecule has 0 aliphatic rings. The molecule has 1 aromatic heterocycles. The molecule has 0 radical (unpaired) electrons. The van der Waals surface area contributed by atoms with E-state index >= 15 is 0 Å². The van der Waals surface area contributed by atoms with Gasteiger partial charge in [0.25, 0.3) is 0 Å². The third-order valence-corrected chi connectivity index (χ3v) is 2.42. The molecule has 0 aliphatic heterocycles. The summed E-state index contributed by atoms with van der Waals surface area (Å²) in [4.78, 5) is 0. The molecule has 4 heteroatoms. The number of aryl methyl sites for hydroxylation is 1. The third kappa shape index (κ3) is 1.97. The van der Waals surface area contributed by atoms with Gasteiger partial charge < -0.3 is 4.74 Å². The van der Waals surface area contributed by atoms with Crippen molar-refractivity contribution in [3.8, 4) is 17.0 Å². The van der Waals surface area contributed by atoms with Gasteiger partial charge in [0.15, 0.2) is 0 Å². The molecule has 1 heterocycles. The Hall–Kier alpha value is -1.48. The lowest BCUT2D eigenvalue weighted by molar-refractivity contribution is 0.415. The van der Waals surface area contributed by atoms with Crippen molar-refractivity contribution in [2.24, 2.45) is 7.05 Å². The molecule has 0 unspecified atom stereocenters. The summed E-state index contributed by atoms with van der Waals surface area (Å²) in [5.41, 5.74) is 1.78. The predicted molar refractivity (Wildman–Crippen MR) is 60.2 cm³/mol. The Morgan fingerprint density at radius 1 is 1.27 bits per heavy atom. The van der Waals surface area contributed by atoms with E-state index in [1.165, 1.54) is 0 Å². The van der Waals surface area contributed by atoms with E-state index in [2.05, 4.69) is 5.10 Å². The van der Waals surface area contributed by atoms with Gasteiger partial charge >= 0.3 is 0 Å². The molecule has 0 bridgehead atoms. The standard InChI is InChI=1S/C11H11ClN2O/c1-14-7-10(12)11(13-14)8-3-5-9(15-2)6-4-8/h3-7H,1-2H3. The van der Waals surface area contributed by atoms with E-state index in [0.29, 0.717) is 5.02 Å². The van der Waals surface area contributed by atoms with Crippen LogP contribution in [0.25, 0.3) is 11.3 Å². The van der Waals surface area contributed by atoms with Crippen molar-refractivity contribution in [3.05, 3.63) is 35.5 Å². The van der Waals surface area contributed by atoms with Crippen LogP contribution in [0.1, 0.15) is 0 Å². The summed E-state index contributed by atoms with van der Waals surface area (Å²) in [5, 5.41) is 4.94. The van der Waals surface area contributed by atoms with Crippen LogP contribution in [0.4, 0.5) is 0 Å². The van der Waals surface area contributed by atoms with Crippen molar-refractivity contribution in [2.45, 2.75) is 0 Å². The summed E-state index contributed by atoms with van der Waals surface area (Å²) >= 11 is 6.04. The van der Waals surface area contributed by atoms with Crippen molar-refractivity contribution in [1.82, 2.24) is 9.78 Å². The topological polar surface area (TPSA) is 27.1 Å². The second-order valence-electron chi connectivity index (χ2n) is 3.23. The second kappa shape index (κ2) is 3.95. The third-order valence-electron chi connectivity index (χ3n) is 2.15. The zero-order valence-corrected chi connectivity index (χ0v) is 9.32. The molecule has 1 aromatic carbocycles. The van der Waals surface area contributed by atoms with Gasteiger partial charge in [-0.25, -0.2) is 0 Å². The summed E-state index contributed by atoms with van der Waals surface area (Å²) in [6.07, 6.45) is 1.78. The van der Waals surface area contributed by atoms with Gasteiger partial charge in [-0.3, -0.25) is 4.68 Å². The maximum atomic E-state index is 6.04. The molecule has 78 valence electrons. The van der Waals surface area contributed by atoms with E-state index in [-0.39, 0.29) is 0 Å². The van der Waals surface area contributed by atoms with E-state index in [4.69, 9.17) is 16.3 Å². The molecule has 2 aromatic rings. The van der Waals surface area contributed by atoms with E-state index in [0.717, 1.165) is 17.0 Å². The van der Waals surface area contributed by atoms with Crippen LogP contribution in [0.3, 0.4) is 0 Å². The van der Waals surface area contributed by atoms with Crippen LogP contribution in [0, 0.1) is 0 Å². The Kier molecular flexibility index (Phi) is 2.64. The van der Waals surface area contributed by atoms with Crippen LogP contribution in [0.5, 0.6) is 5.75 Å². The van der Waals surface area contributed by atoms with Gasteiger partial charge in [0.1, 0.15) is 11.4 Å². The van der Waals surface area contributed by atoms with Gasteiger partial charge in [-0.2, -0.15) is 5.10 Å². The van der Waals surface area contributed by atoms with Crippen molar-refractivity contribution in [1.29, 1.82) is 0 Å². The second-order valence-corrected chi connectivity index (χ2v) is 3.64. The van der Waals surface area contributed by atoms with Crippen molar-refractivity contribution >= 4 is 11.6 Å². The van der Waals surface area contributed by atoms with E-state index < -0.39 is 0 Å². The number of rotatable bonds is 2. The Bertz CT molecular complexity index is 462. The summed E-state index contributed by atoms with van der Waals surface area (Å²) < 4.78 is 6.78. The highest BCUT2D eigenvalue weighted by atomic mass is 35.5. The SMILES string of the molecule is COc1ccc(-c2nn(C)cc2Cl)cc1. The van der Waals surface area contributed by atoms with Crippen LogP contribution in [-0.4, -0.2) is 16.9 Å². The van der Waals surface area contributed by atoms with E-state index in [1.807, 2.05) is 31.3 Å². The molecule has 15 heavy (non-hydrogen) atoms. The molecule has 0 fully saturated rings. The average molecular weight is 223 g/mol. The Labute approximate surface area is 93.2 Å². The van der Waals surface area contributed by atoms with Gasteiger partial charge in [0.05, 0.1) is 12.1 Å². The fourth-order valence-corrected chi connectivity index (χ4v) is 1.69. The lowest BCUT2D eigenvalue weighted by Gasteiger charge is -2.00. The van der Waals surface area contributed by atoms with Crippen LogP contribution < -0.4 is 4.74 Å². The van der Waals surface area contributed by atoms with Gasteiger partial charge in [0, 0.05) is 18.8 Å². The molecular formula is C11H11ClN2O. The van der Waals surface area contributed by atoms with Crippen LogP contribution in [0.2, 0.25) is 5.02 Å². The molecule has 0 atom stereocenters. The van der Waals surface area contributed by atoms with Crippen molar-refractivity contribution in [2.75, 3.05) is 7.11 Å². The summed E-state index contributed by atoms with van der Waals surface area (Å²) in [6.45, 7) is 0. The van der Waals surface area contributed by atoms with Gasteiger partial charge in [0.2, 0.25) is 0 Å². The molecule has 0 aliphatic carbocycles. The predicted octanol–water partition coefficient (Wildman–Crippen LogP) is 2.75. The minimum absolute atomic E-state index is 0.655. The van der Waals surface area contributed by atoms with Crippen LogP contribution in [-0.2, 0) is 7.05 Å². The van der Waals surface area contributed by atoms with Crippen molar-refractivity contribution < 1.29 is 4.74 Å². The maximum absolute atomic E-state index is 6.04. The Morgan fingerprint density at radius 2 is 1.93 bits per heavy atom. The molecule has 0 N–H and O–H groups in total. The first-order valence-corrected chi connectivity index (χ1v) is 4.92. The smallest absolute Gasteiger partial charge is 0.118 e. The normalized spacial score (nSPS) is 10.3. The minimum Gasteiger partial charge on any atom is -0.497 e. The number of hydrogen-bond acceptors (Lipinski definition) is 2. The number of halogens is 1.